The van der Waals surface area contributed by atoms with E-state index < -0.39 is 0 Å². The first-order valence-electron chi connectivity index (χ1n) is 6.68. The predicted octanol–water partition coefficient (Wildman–Crippen LogP) is 3.30. The molecule has 0 spiro atoms. The van der Waals surface area contributed by atoms with Gasteiger partial charge in [0.25, 0.3) is 0 Å². The summed E-state index contributed by atoms with van der Waals surface area (Å²) in [4.78, 5) is 11.5. The van der Waals surface area contributed by atoms with Gasteiger partial charge in [-0.05, 0) is 31.2 Å². The molecule has 1 aromatic carbocycles. The highest BCUT2D eigenvalue weighted by atomic mass is 35.5. The van der Waals surface area contributed by atoms with Gasteiger partial charge in [0, 0.05) is 24.5 Å². The largest absolute Gasteiger partial charge is 0.492 e. The summed E-state index contributed by atoms with van der Waals surface area (Å²) in [6.45, 7) is 4.82. The molecule has 21 heavy (non-hydrogen) atoms. The maximum Gasteiger partial charge on any atom is 0.220 e. The molecule has 0 aliphatic heterocycles. The number of halogens is 3. The van der Waals surface area contributed by atoms with Gasteiger partial charge in [-0.25, -0.2) is 0 Å². The van der Waals surface area contributed by atoms with Crippen LogP contribution in [0.4, 0.5) is 0 Å². The summed E-state index contributed by atoms with van der Waals surface area (Å²) < 4.78 is 5.50. The van der Waals surface area contributed by atoms with Crippen LogP contribution in [0.25, 0.3) is 0 Å². The Labute approximate surface area is 141 Å². The van der Waals surface area contributed by atoms with Gasteiger partial charge in [-0.1, -0.05) is 30.1 Å². The number of benzene rings is 1. The highest BCUT2D eigenvalue weighted by Gasteiger charge is 2.04. The van der Waals surface area contributed by atoms with Crippen molar-refractivity contribution in [1.29, 1.82) is 0 Å². The van der Waals surface area contributed by atoms with E-state index in [0.29, 0.717) is 41.8 Å². The van der Waals surface area contributed by atoms with Crippen LogP contribution in [0.15, 0.2) is 18.2 Å². The molecule has 1 aromatic rings. The van der Waals surface area contributed by atoms with Crippen molar-refractivity contribution in [2.24, 2.45) is 0 Å². The van der Waals surface area contributed by atoms with Crippen LogP contribution in [0, 0.1) is 0 Å². The molecule has 0 aromatic heterocycles. The molecule has 2 N–H and O–H groups in total. The number of likely N-dealkylation sites (N-methyl/N-ethyl adjacent to an activating group) is 1. The van der Waals surface area contributed by atoms with Gasteiger partial charge in [0.15, 0.2) is 0 Å². The summed E-state index contributed by atoms with van der Waals surface area (Å²) >= 11 is 11.8. The predicted molar refractivity (Wildman–Crippen MR) is 90.0 cm³/mol. The maximum absolute atomic E-state index is 11.5. The quantitative estimate of drug-likeness (QED) is 0.668. The number of hydrogen-bond acceptors (Lipinski definition) is 3. The fourth-order valence-electron chi connectivity index (χ4n) is 1.56. The Morgan fingerprint density at radius 1 is 1.29 bits per heavy atom. The SMILES string of the molecule is CCNCCNC(=O)CCCOc1ccc(Cl)cc1Cl.Cl. The number of rotatable bonds is 9. The van der Waals surface area contributed by atoms with E-state index in [4.69, 9.17) is 27.9 Å². The molecule has 7 heteroatoms. The third kappa shape index (κ3) is 9.04. The number of carbonyl (C=O) groups excluding carboxylic acids is 1. The van der Waals surface area contributed by atoms with E-state index >= 15 is 0 Å². The van der Waals surface area contributed by atoms with Crippen LogP contribution >= 0.6 is 35.6 Å². The minimum atomic E-state index is 0. The minimum Gasteiger partial charge on any atom is -0.492 e. The molecule has 1 amide bonds. The normalized spacial score (nSPS) is 9.86. The van der Waals surface area contributed by atoms with E-state index in [0.717, 1.165) is 13.1 Å². The van der Waals surface area contributed by atoms with E-state index in [1.165, 1.54) is 0 Å². The second kappa shape index (κ2) is 11.9. The van der Waals surface area contributed by atoms with Gasteiger partial charge >= 0.3 is 0 Å². The lowest BCUT2D eigenvalue weighted by molar-refractivity contribution is -0.121. The Hall–Kier alpha value is -0.680. The fourth-order valence-corrected chi connectivity index (χ4v) is 2.03. The summed E-state index contributed by atoms with van der Waals surface area (Å²) in [7, 11) is 0. The molecule has 120 valence electrons. The van der Waals surface area contributed by atoms with Crippen molar-refractivity contribution in [2.45, 2.75) is 19.8 Å². The summed E-state index contributed by atoms with van der Waals surface area (Å²) in [6, 6.07) is 5.07. The molecule has 0 unspecified atom stereocenters. The molecular weight excluding hydrogens is 335 g/mol. The van der Waals surface area contributed by atoms with Gasteiger partial charge in [-0.15, -0.1) is 12.4 Å². The van der Waals surface area contributed by atoms with Gasteiger partial charge in [0.1, 0.15) is 5.75 Å². The molecule has 0 saturated carbocycles. The van der Waals surface area contributed by atoms with Gasteiger partial charge in [-0.3, -0.25) is 4.79 Å². The van der Waals surface area contributed by atoms with Gasteiger partial charge in [0.2, 0.25) is 5.91 Å². The van der Waals surface area contributed by atoms with Crippen LogP contribution in [-0.4, -0.2) is 32.1 Å². The van der Waals surface area contributed by atoms with E-state index in [2.05, 4.69) is 10.6 Å². The molecule has 0 aliphatic rings. The highest BCUT2D eigenvalue weighted by molar-refractivity contribution is 6.35. The number of carbonyl (C=O) groups is 1. The molecule has 1 rings (SSSR count). The second-order valence-corrected chi connectivity index (χ2v) is 5.07. The molecule has 4 nitrogen and oxygen atoms in total. The number of ether oxygens (including phenoxy) is 1. The lowest BCUT2D eigenvalue weighted by Crippen LogP contribution is -2.31. The van der Waals surface area contributed by atoms with Crippen molar-refractivity contribution in [3.63, 3.8) is 0 Å². The Balaban J connectivity index is 0.00000400. The van der Waals surface area contributed by atoms with E-state index in [1.54, 1.807) is 18.2 Å². The lowest BCUT2D eigenvalue weighted by atomic mass is 10.3. The van der Waals surface area contributed by atoms with Crippen LogP contribution in [-0.2, 0) is 4.79 Å². The van der Waals surface area contributed by atoms with Gasteiger partial charge < -0.3 is 15.4 Å². The average molecular weight is 356 g/mol. The molecule has 0 bridgehead atoms. The van der Waals surface area contributed by atoms with Gasteiger partial charge in [0.05, 0.1) is 11.6 Å². The minimum absolute atomic E-state index is 0. The van der Waals surface area contributed by atoms with Crippen LogP contribution in [0.1, 0.15) is 19.8 Å². The highest BCUT2D eigenvalue weighted by Crippen LogP contribution is 2.27. The number of hydrogen-bond donors (Lipinski definition) is 2. The topological polar surface area (TPSA) is 50.4 Å². The van der Waals surface area contributed by atoms with Crippen LogP contribution < -0.4 is 15.4 Å². The zero-order chi connectivity index (χ0) is 14.8. The van der Waals surface area contributed by atoms with E-state index in [-0.39, 0.29) is 18.3 Å². The number of nitrogens with one attached hydrogen (secondary N) is 2. The lowest BCUT2D eigenvalue weighted by Gasteiger charge is -2.08. The standard InChI is InChI=1S/C14H20Cl2N2O2.ClH/c1-2-17-7-8-18-14(19)4-3-9-20-13-6-5-11(15)10-12(13)16;/h5-6,10,17H,2-4,7-9H2,1H3,(H,18,19);1H. The van der Waals surface area contributed by atoms with Crippen LogP contribution in [0.2, 0.25) is 10.0 Å². The molecule has 0 heterocycles. The molecule has 0 radical (unpaired) electrons. The van der Waals surface area contributed by atoms with Crippen molar-refractivity contribution in [3.8, 4) is 5.75 Å². The summed E-state index contributed by atoms with van der Waals surface area (Å²) in [6.07, 6.45) is 1.09. The molecule has 0 atom stereocenters. The monoisotopic (exact) mass is 354 g/mol. The maximum atomic E-state index is 11.5. The summed E-state index contributed by atoms with van der Waals surface area (Å²) in [5.41, 5.74) is 0. The molecule has 0 fully saturated rings. The molecule has 0 saturated heterocycles. The van der Waals surface area contributed by atoms with Crippen LogP contribution in [0.3, 0.4) is 0 Å². The molecular formula is C14H21Cl3N2O2. The summed E-state index contributed by atoms with van der Waals surface area (Å²) in [5, 5.41) is 7.02. The van der Waals surface area contributed by atoms with Crippen molar-refractivity contribution >= 4 is 41.5 Å². The van der Waals surface area contributed by atoms with Crippen molar-refractivity contribution < 1.29 is 9.53 Å². The van der Waals surface area contributed by atoms with E-state index in [9.17, 15) is 4.79 Å². The van der Waals surface area contributed by atoms with Crippen molar-refractivity contribution in [3.05, 3.63) is 28.2 Å². The van der Waals surface area contributed by atoms with Crippen LogP contribution in [0.5, 0.6) is 5.75 Å². The smallest absolute Gasteiger partial charge is 0.220 e. The zero-order valence-electron chi connectivity index (χ0n) is 12.0. The Bertz CT molecular complexity index is 431. The first kappa shape index (κ1) is 20.3. The second-order valence-electron chi connectivity index (χ2n) is 4.23. The Morgan fingerprint density at radius 3 is 2.71 bits per heavy atom. The van der Waals surface area contributed by atoms with Crippen molar-refractivity contribution in [1.82, 2.24) is 10.6 Å². The first-order valence-corrected chi connectivity index (χ1v) is 7.44. The average Bonchev–Trinajstić information content (AvgIpc) is 2.41. The zero-order valence-corrected chi connectivity index (χ0v) is 14.3. The van der Waals surface area contributed by atoms with E-state index in [1.807, 2.05) is 6.92 Å². The third-order valence-corrected chi connectivity index (χ3v) is 3.10. The Kier molecular flexibility index (Phi) is 11.5. The first-order chi connectivity index (χ1) is 9.63. The number of amides is 1. The van der Waals surface area contributed by atoms with Crippen molar-refractivity contribution in [2.75, 3.05) is 26.2 Å². The Morgan fingerprint density at radius 2 is 2.05 bits per heavy atom. The van der Waals surface area contributed by atoms with Gasteiger partial charge in [-0.2, -0.15) is 0 Å². The fraction of sp³-hybridized carbons (Fsp3) is 0.500. The molecule has 0 aliphatic carbocycles. The summed E-state index contributed by atoms with van der Waals surface area (Å²) in [5.74, 6) is 0.623. The third-order valence-electron chi connectivity index (χ3n) is 2.57.